The summed E-state index contributed by atoms with van der Waals surface area (Å²) in [4.78, 5) is 10.00. The van der Waals surface area contributed by atoms with Crippen LogP contribution in [0, 0.1) is 13.8 Å². The lowest BCUT2D eigenvalue weighted by Crippen LogP contribution is -1.69. The van der Waals surface area contributed by atoms with E-state index in [0.717, 1.165) is 11.5 Å². The molecule has 0 saturated heterocycles. The molecular formula is C13H17ClO3. The van der Waals surface area contributed by atoms with Crippen LogP contribution in [0.5, 0.6) is 0 Å². The first-order chi connectivity index (χ1) is 7.65. The number of aryl methyl sites for hydroxylation is 2. The van der Waals surface area contributed by atoms with E-state index in [4.69, 9.17) is 20.4 Å². The Hall–Kier alpha value is -1.48. The minimum absolute atomic E-state index is 0. The first-order valence-electron chi connectivity index (χ1n) is 4.78. The van der Waals surface area contributed by atoms with Gasteiger partial charge >= 0.3 is 0 Å². The number of rotatable bonds is 2. The molecule has 0 bridgehead atoms. The van der Waals surface area contributed by atoms with Crippen molar-refractivity contribution in [3.63, 3.8) is 0 Å². The van der Waals surface area contributed by atoms with Crippen molar-refractivity contribution in [1.82, 2.24) is 0 Å². The normalized spacial score (nSPS) is 8.88. The summed E-state index contributed by atoms with van der Waals surface area (Å²) in [6.45, 7) is 3.88. The lowest BCUT2D eigenvalue weighted by Gasteiger charge is -1.81. The zero-order chi connectivity index (χ0) is 12.0. The number of carbonyl (C=O) groups excluding carboxylic acids is 1. The second-order valence-corrected chi connectivity index (χ2v) is 3.48. The van der Waals surface area contributed by atoms with Gasteiger partial charge in [-0.15, -0.1) is 11.6 Å². The summed E-state index contributed by atoms with van der Waals surface area (Å²) < 4.78 is 9.97. The van der Waals surface area contributed by atoms with Crippen LogP contribution in [-0.4, -0.2) is 6.29 Å². The van der Waals surface area contributed by atoms with Gasteiger partial charge < -0.3 is 8.83 Å². The van der Waals surface area contributed by atoms with Gasteiger partial charge in [0, 0.05) is 0 Å². The molecule has 0 radical (unpaired) electrons. The van der Waals surface area contributed by atoms with E-state index in [-0.39, 0.29) is 7.43 Å². The highest BCUT2D eigenvalue weighted by Crippen LogP contribution is 2.07. The number of carbonyl (C=O) groups is 1. The van der Waals surface area contributed by atoms with Crippen LogP contribution < -0.4 is 0 Å². The fraction of sp³-hybridized carbons (Fsp3) is 0.308. The molecule has 0 N–H and O–H groups in total. The molecule has 2 aromatic heterocycles. The lowest BCUT2D eigenvalue weighted by atomic mass is 10.4. The van der Waals surface area contributed by atoms with Crippen LogP contribution in [0.2, 0.25) is 0 Å². The Kier molecular flexibility index (Phi) is 7.06. The maximum atomic E-state index is 10.00. The average molecular weight is 257 g/mol. The predicted octanol–water partition coefficient (Wildman–Crippen LogP) is 4.36. The van der Waals surface area contributed by atoms with Crippen LogP contribution in [0.25, 0.3) is 0 Å². The number of furan rings is 2. The number of halogens is 1. The van der Waals surface area contributed by atoms with Crippen molar-refractivity contribution in [1.29, 1.82) is 0 Å². The van der Waals surface area contributed by atoms with E-state index in [2.05, 4.69) is 0 Å². The van der Waals surface area contributed by atoms with Crippen LogP contribution >= 0.6 is 11.6 Å². The van der Waals surface area contributed by atoms with Crippen LogP contribution in [0.3, 0.4) is 0 Å². The molecule has 0 amide bonds. The molecule has 0 spiro atoms. The molecule has 0 aromatic carbocycles. The molecule has 94 valence electrons. The molecule has 2 rings (SSSR count). The maximum absolute atomic E-state index is 10.00. The lowest BCUT2D eigenvalue weighted by molar-refractivity contribution is 0.109. The Morgan fingerprint density at radius 2 is 1.71 bits per heavy atom. The van der Waals surface area contributed by atoms with Crippen molar-refractivity contribution in [3.05, 3.63) is 47.3 Å². The monoisotopic (exact) mass is 256 g/mol. The standard InChI is InChI=1S/C6H5ClO2.C6H8O.CH4/c7-3-5-1-2-6(4-8)9-5;1-5-3-4-6(2)7-5;/h1-2,4H,3H2;3-4H,1-2H3;1H4. The number of hydrogen-bond acceptors (Lipinski definition) is 3. The third kappa shape index (κ3) is 5.41. The van der Waals surface area contributed by atoms with Crippen LogP contribution in [-0.2, 0) is 5.88 Å². The second kappa shape index (κ2) is 7.74. The van der Waals surface area contributed by atoms with Gasteiger partial charge in [0.1, 0.15) is 17.3 Å². The predicted molar refractivity (Wildman–Crippen MR) is 68.6 cm³/mol. The zero-order valence-corrected chi connectivity index (χ0v) is 9.95. The van der Waals surface area contributed by atoms with Gasteiger partial charge in [-0.05, 0) is 38.1 Å². The Morgan fingerprint density at radius 1 is 1.12 bits per heavy atom. The first kappa shape index (κ1) is 15.5. The maximum Gasteiger partial charge on any atom is 0.185 e. The molecular weight excluding hydrogens is 240 g/mol. The van der Waals surface area contributed by atoms with Gasteiger partial charge in [0.05, 0.1) is 5.88 Å². The summed E-state index contributed by atoms with van der Waals surface area (Å²) >= 11 is 5.39. The van der Waals surface area contributed by atoms with Gasteiger partial charge in [0.15, 0.2) is 12.0 Å². The molecule has 2 aromatic rings. The fourth-order valence-electron chi connectivity index (χ4n) is 1.09. The van der Waals surface area contributed by atoms with Gasteiger partial charge in [0.2, 0.25) is 0 Å². The van der Waals surface area contributed by atoms with E-state index in [1.165, 1.54) is 0 Å². The third-order valence-electron chi connectivity index (χ3n) is 1.81. The fourth-order valence-corrected chi connectivity index (χ4v) is 1.23. The van der Waals surface area contributed by atoms with E-state index < -0.39 is 0 Å². The number of aldehydes is 1. The highest BCUT2D eigenvalue weighted by Gasteiger charge is 1.96. The summed E-state index contributed by atoms with van der Waals surface area (Å²) in [5.41, 5.74) is 0. The van der Waals surface area contributed by atoms with Crippen LogP contribution in [0.15, 0.2) is 33.1 Å². The van der Waals surface area contributed by atoms with Crippen molar-refractivity contribution >= 4 is 17.9 Å². The number of hydrogen-bond donors (Lipinski definition) is 0. The van der Waals surface area contributed by atoms with Gasteiger partial charge in [0.25, 0.3) is 0 Å². The Balaban J connectivity index is 0.000000292. The van der Waals surface area contributed by atoms with E-state index in [9.17, 15) is 4.79 Å². The van der Waals surface area contributed by atoms with Crippen molar-refractivity contribution in [2.45, 2.75) is 27.2 Å². The van der Waals surface area contributed by atoms with E-state index in [1.807, 2.05) is 26.0 Å². The minimum atomic E-state index is 0. The Labute approximate surface area is 106 Å². The van der Waals surface area contributed by atoms with Gasteiger partial charge in [-0.25, -0.2) is 0 Å². The summed E-state index contributed by atoms with van der Waals surface area (Å²) in [7, 11) is 0. The average Bonchev–Trinajstić information content (AvgIpc) is 2.88. The van der Waals surface area contributed by atoms with Crippen LogP contribution in [0.4, 0.5) is 0 Å². The molecule has 0 aliphatic rings. The Bertz CT molecular complexity index is 426. The third-order valence-corrected chi connectivity index (χ3v) is 2.07. The zero-order valence-electron chi connectivity index (χ0n) is 9.20. The summed E-state index contributed by atoms with van der Waals surface area (Å²) in [5.74, 6) is 3.23. The molecule has 2 heterocycles. The topological polar surface area (TPSA) is 43.4 Å². The first-order valence-corrected chi connectivity index (χ1v) is 5.32. The largest absolute Gasteiger partial charge is 0.467 e. The van der Waals surface area contributed by atoms with Crippen molar-refractivity contribution in [3.8, 4) is 0 Å². The summed E-state index contributed by atoms with van der Waals surface area (Å²) in [6.07, 6.45) is 0.649. The SMILES string of the molecule is C.Cc1ccc(C)o1.O=Cc1ccc(CCl)o1. The van der Waals surface area contributed by atoms with E-state index in [1.54, 1.807) is 12.1 Å². The minimum Gasteiger partial charge on any atom is -0.467 e. The molecule has 4 heteroatoms. The molecule has 0 fully saturated rings. The Morgan fingerprint density at radius 3 is 1.94 bits per heavy atom. The molecule has 0 saturated carbocycles. The molecule has 17 heavy (non-hydrogen) atoms. The van der Waals surface area contributed by atoms with Crippen molar-refractivity contribution in [2.75, 3.05) is 0 Å². The molecule has 0 unspecified atom stereocenters. The second-order valence-electron chi connectivity index (χ2n) is 3.21. The van der Waals surface area contributed by atoms with Gasteiger partial charge in [-0.3, -0.25) is 4.79 Å². The van der Waals surface area contributed by atoms with Gasteiger partial charge in [-0.1, -0.05) is 7.43 Å². The number of alkyl halides is 1. The molecule has 0 aliphatic carbocycles. The van der Waals surface area contributed by atoms with Gasteiger partial charge in [-0.2, -0.15) is 0 Å². The quantitative estimate of drug-likeness (QED) is 0.592. The highest BCUT2D eigenvalue weighted by molar-refractivity contribution is 6.16. The molecule has 3 nitrogen and oxygen atoms in total. The molecule has 0 aliphatic heterocycles. The molecule has 0 atom stereocenters. The van der Waals surface area contributed by atoms with Crippen LogP contribution in [0.1, 0.15) is 35.3 Å². The van der Waals surface area contributed by atoms with E-state index >= 15 is 0 Å². The summed E-state index contributed by atoms with van der Waals surface area (Å²) in [5, 5.41) is 0. The summed E-state index contributed by atoms with van der Waals surface area (Å²) in [6, 6.07) is 7.17. The van der Waals surface area contributed by atoms with Crippen molar-refractivity contribution in [2.24, 2.45) is 0 Å². The van der Waals surface area contributed by atoms with E-state index in [0.29, 0.717) is 23.7 Å². The smallest absolute Gasteiger partial charge is 0.185 e. The highest BCUT2D eigenvalue weighted by atomic mass is 35.5. The van der Waals surface area contributed by atoms with Crippen molar-refractivity contribution < 1.29 is 13.6 Å².